The fourth-order valence-electron chi connectivity index (χ4n) is 3.32. The lowest BCUT2D eigenvalue weighted by atomic mass is 10.1. The molecule has 1 aromatic heterocycles. The van der Waals surface area contributed by atoms with Crippen LogP contribution in [-0.2, 0) is 9.53 Å². The van der Waals surface area contributed by atoms with Crippen LogP contribution in [0.25, 0.3) is 16.6 Å². The van der Waals surface area contributed by atoms with Gasteiger partial charge in [-0.2, -0.15) is 0 Å². The number of hydrogen-bond donors (Lipinski definition) is 1. The highest BCUT2D eigenvalue weighted by Crippen LogP contribution is 2.35. The molecule has 28 heavy (non-hydrogen) atoms. The van der Waals surface area contributed by atoms with Crippen LogP contribution in [0.3, 0.4) is 0 Å². The van der Waals surface area contributed by atoms with E-state index in [2.05, 4.69) is 10.4 Å². The van der Waals surface area contributed by atoms with E-state index in [0.29, 0.717) is 42.3 Å². The number of nitrogens with one attached hydrogen (secondary N) is 1. The van der Waals surface area contributed by atoms with Crippen LogP contribution < -0.4 is 10.1 Å². The Morgan fingerprint density at radius 1 is 1.29 bits per heavy atom. The molecule has 0 radical (unpaired) electrons. The third kappa shape index (κ3) is 3.57. The van der Waals surface area contributed by atoms with Gasteiger partial charge in [0, 0.05) is 6.61 Å². The summed E-state index contributed by atoms with van der Waals surface area (Å²) in [6, 6.07) is 11.7. The van der Waals surface area contributed by atoms with Crippen LogP contribution in [0.1, 0.15) is 20.3 Å². The number of nitrogens with zero attached hydrogens (tertiary/aromatic N) is 2. The number of benzene rings is 2. The molecule has 6 nitrogen and oxygen atoms in total. The molecule has 2 heterocycles. The Labute approximate surface area is 162 Å². The van der Waals surface area contributed by atoms with Crippen molar-refractivity contribution in [1.82, 2.24) is 9.78 Å². The molecule has 2 aromatic carbocycles. The number of rotatable bonds is 5. The van der Waals surface area contributed by atoms with Gasteiger partial charge in [-0.1, -0.05) is 6.07 Å². The summed E-state index contributed by atoms with van der Waals surface area (Å²) < 4.78 is 26.3. The molecule has 0 bridgehead atoms. The summed E-state index contributed by atoms with van der Waals surface area (Å²) in [4.78, 5) is 12.7. The van der Waals surface area contributed by atoms with Gasteiger partial charge in [0.2, 0.25) is 5.91 Å². The van der Waals surface area contributed by atoms with Gasteiger partial charge in [0.15, 0.2) is 5.82 Å². The summed E-state index contributed by atoms with van der Waals surface area (Å²) >= 11 is 0. The van der Waals surface area contributed by atoms with Gasteiger partial charge in [-0.25, -0.2) is 9.07 Å². The Balaban J connectivity index is 1.81. The Bertz CT molecular complexity index is 992. The van der Waals surface area contributed by atoms with E-state index in [9.17, 15) is 9.18 Å². The van der Waals surface area contributed by atoms with E-state index in [4.69, 9.17) is 9.47 Å². The van der Waals surface area contributed by atoms with Gasteiger partial charge in [-0.05, 0) is 56.7 Å². The Morgan fingerprint density at radius 2 is 2.07 bits per heavy atom. The van der Waals surface area contributed by atoms with E-state index < -0.39 is 0 Å². The molecular formula is C21H22FN3O3. The highest BCUT2D eigenvalue weighted by molar-refractivity contribution is 6.04. The minimum absolute atomic E-state index is 0.0356. The summed E-state index contributed by atoms with van der Waals surface area (Å²) in [7, 11) is 0. The minimum Gasteiger partial charge on any atom is -0.490 e. The molecule has 0 unspecified atom stereocenters. The average molecular weight is 383 g/mol. The number of ether oxygens (including phenoxy) is 2. The zero-order valence-corrected chi connectivity index (χ0v) is 15.8. The standard InChI is InChI=1S/C21H22FN3O3/c1-13(2)28-18-5-3-4-17-19(18)20(23-21(26)14-10-11-27-12-14)24-25(17)16-8-6-15(22)7-9-16/h3-9,13-14H,10-12H2,1-2H3,(H,23,24,26)/t14-/m0/s1. The van der Waals surface area contributed by atoms with Gasteiger partial charge in [-0.15, -0.1) is 5.10 Å². The fraction of sp³-hybridized carbons (Fsp3) is 0.333. The number of aromatic nitrogens is 2. The zero-order chi connectivity index (χ0) is 19.7. The highest BCUT2D eigenvalue weighted by atomic mass is 19.1. The van der Waals surface area contributed by atoms with Crippen LogP contribution in [0, 0.1) is 11.7 Å². The first-order valence-corrected chi connectivity index (χ1v) is 9.36. The largest absolute Gasteiger partial charge is 0.490 e. The SMILES string of the molecule is CC(C)Oc1cccc2c1c(NC(=O)[C@H]1CCOC1)nn2-c1ccc(F)cc1. The van der Waals surface area contributed by atoms with Crippen molar-refractivity contribution in [2.45, 2.75) is 26.4 Å². The first kappa shape index (κ1) is 18.4. The second kappa shape index (κ2) is 7.59. The molecule has 1 aliphatic heterocycles. The van der Waals surface area contributed by atoms with Crippen molar-refractivity contribution < 1.29 is 18.7 Å². The van der Waals surface area contributed by atoms with Gasteiger partial charge in [0.1, 0.15) is 11.6 Å². The number of fused-ring (bicyclic) bond motifs is 1. The minimum atomic E-state index is -0.321. The monoisotopic (exact) mass is 383 g/mol. The van der Waals surface area contributed by atoms with Crippen molar-refractivity contribution >= 4 is 22.6 Å². The van der Waals surface area contributed by atoms with E-state index >= 15 is 0 Å². The van der Waals surface area contributed by atoms with Crippen molar-refractivity contribution in [2.24, 2.45) is 5.92 Å². The van der Waals surface area contributed by atoms with E-state index in [1.807, 2.05) is 32.0 Å². The number of anilines is 1. The van der Waals surface area contributed by atoms with Gasteiger partial charge in [-0.3, -0.25) is 4.79 Å². The van der Waals surface area contributed by atoms with Gasteiger partial charge >= 0.3 is 0 Å². The third-order valence-corrected chi connectivity index (χ3v) is 4.65. The number of amides is 1. The summed E-state index contributed by atoms with van der Waals surface area (Å²) in [6.45, 7) is 4.89. The molecule has 0 saturated carbocycles. The number of hydrogen-bond acceptors (Lipinski definition) is 4. The maximum absolute atomic E-state index is 13.4. The molecule has 146 valence electrons. The molecule has 1 amide bonds. The first-order chi connectivity index (χ1) is 13.5. The molecule has 1 saturated heterocycles. The van der Waals surface area contributed by atoms with E-state index in [1.54, 1.807) is 16.8 Å². The van der Waals surface area contributed by atoms with Gasteiger partial charge < -0.3 is 14.8 Å². The predicted octanol–water partition coefficient (Wildman–Crippen LogP) is 3.93. The summed E-state index contributed by atoms with van der Waals surface area (Å²) in [5.41, 5.74) is 1.46. The molecule has 0 aliphatic carbocycles. The first-order valence-electron chi connectivity index (χ1n) is 9.36. The number of carbonyl (C=O) groups is 1. The predicted molar refractivity (Wildman–Crippen MR) is 104 cm³/mol. The molecule has 1 N–H and O–H groups in total. The summed E-state index contributed by atoms with van der Waals surface area (Å²) in [5, 5.41) is 8.26. The molecular weight excluding hydrogens is 361 g/mol. The molecule has 7 heteroatoms. The Hall–Kier alpha value is -2.93. The lowest BCUT2D eigenvalue weighted by Crippen LogP contribution is -2.23. The molecule has 1 atom stereocenters. The topological polar surface area (TPSA) is 65.4 Å². The Morgan fingerprint density at radius 3 is 2.75 bits per heavy atom. The van der Waals surface area contributed by atoms with Crippen molar-refractivity contribution in [2.75, 3.05) is 18.5 Å². The van der Waals surface area contributed by atoms with Crippen molar-refractivity contribution in [3.05, 3.63) is 48.3 Å². The average Bonchev–Trinajstić information content (AvgIpc) is 3.31. The van der Waals surface area contributed by atoms with Crippen LogP contribution in [0.4, 0.5) is 10.2 Å². The van der Waals surface area contributed by atoms with E-state index in [0.717, 1.165) is 5.52 Å². The van der Waals surface area contributed by atoms with Crippen LogP contribution in [0.5, 0.6) is 5.75 Å². The van der Waals surface area contributed by atoms with Crippen LogP contribution in [0.15, 0.2) is 42.5 Å². The highest BCUT2D eigenvalue weighted by Gasteiger charge is 2.26. The molecule has 1 aliphatic rings. The second-order valence-corrected chi connectivity index (χ2v) is 7.10. The third-order valence-electron chi connectivity index (χ3n) is 4.65. The smallest absolute Gasteiger partial charge is 0.231 e. The fourth-order valence-corrected chi connectivity index (χ4v) is 3.32. The summed E-state index contributed by atoms with van der Waals surface area (Å²) in [5.74, 6) is 0.428. The maximum Gasteiger partial charge on any atom is 0.231 e. The normalized spacial score (nSPS) is 16.6. The van der Waals surface area contributed by atoms with Crippen molar-refractivity contribution in [3.63, 3.8) is 0 Å². The van der Waals surface area contributed by atoms with Crippen LogP contribution in [0.2, 0.25) is 0 Å². The molecule has 4 rings (SSSR count). The van der Waals surface area contributed by atoms with Crippen LogP contribution in [-0.4, -0.2) is 35.0 Å². The lowest BCUT2D eigenvalue weighted by Gasteiger charge is -2.12. The van der Waals surface area contributed by atoms with Gasteiger partial charge in [0.25, 0.3) is 0 Å². The van der Waals surface area contributed by atoms with Crippen LogP contribution >= 0.6 is 0 Å². The number of halogens is 1. The van der Waals surface area contributed by atoms with E-state index in [1.165, 1.54) is 12.1 Å². The molecule has 1 fully saturated rings. The quantitative estimate of drug-likeness (QED) is 0.725. The molecule has 3 aromatic rings. The number of carbonyl (C=O) groups excluding carboxylic acids is 1. The molecule has 0 spiro atoms. The Kier molecular flexibility index (Phi) is 5.00. The van der Waals surface area contributed by atoms with E-state index in [-0.39, 0.29) is 23.7 Å². The summed E-state index contributed by atoms with van der Waals surface area (Å²) in [6.07, 6.45) is 0.657. The second-order valence-electron chi connectivity index (χ2n) is 7.10. The van der Waals surface area contributed by atoms with Crippen molar-refractivity contribution in [1.29, 1.82) is 0 Å². The lowest BCUT2D eigenvalue weighted by molar-refractivity contribution is -0.119. The van der Waals surface area contributed by atoms with Crippen molar-refractivity contribution in [3.8, 4) is 11.4 Å². The van der Waals surface area contributed by atoms with Gasteiger partial charge in [0.05, 0.1) is 35.2 Å². The maximum atomic E-state index is 13.4. The zero-order valence-electron chi connectivity index (χ0n) is 15.8.